The smallest absolute Gasteiger partial charge is 0.331 e. The number of unbranched alkanes of at least 4 members (excludes halogenated alkanes) is 1. The van der Waals surface area contributed by atoms with Crippen molar-refractivity contribution in [1.82, 2.24) is 0 Å². The number of rotatable bonds is 8. The molecule has 0 aromatic rings. The number of carbonyl (C=O) groups excluding carboxylic acids is 1. The van der Waals surface area contributed by atoms with Crippen LogP contribution >= 0.6 is 0 Å². The van der Waals surface area contributed by atoms with E-state index in [0.717, 1.165) is 50.4 Å². The lowest BCUT2D eigenvalue weighted by atomic mass is 9.79. The predicted molar refractivity (Wildman–Crippen MR) is 115 cm³/mol. The third-order valence-electron chi connectivity index (χ3n) is 7.60. The molecule has 0 unspecified atom stereocenters. The summed E-state index contributed by atoms with van der Waals surface area (Å²) < 4.78 is 17.7. The highest BCUT2D eigenvalue weighted by molar-refractivity contribution is 5.80. The topological polar surface area (TPSA) is 68.5 Å². The van der Waals surface area contributed by atoms with Crippen LogP contribution in [-0.2, 0) is 19.0 Å². The van der Waals surface area contributed by atoms with Crippen molar-refractivity contribution in [3.63, 3.8) is 0 Å². The highest BCUT2D eigenvalue weighted by atomic mass is 16.7. The normalized spacial score (nSPS) is 37.3. The Morgan fingerprint density at radius 2 is 1.53 bits per heavy atom. The van der Waals surface area contributed by atoms with Crippen LogP contribution in [0.5, 0.6) is 0 Å². The molecule has 0 aromatic heterocycles. The summed E-state index contributed by atoms with van der Waals surface area (Å²) in [6.07, 6.45) is 14.8. The first kappa shape index (κ1) is 23.5. The van der Waals surface area contributed by atoms with Crippen LogP contribution in [0.3, 0.4) is 0 Å². The van der Waals surface area contributed by atoms with Crippen LogP contribution in [0.1, 0.15) is 97.3 Å². The Bertz CT molecular complexity index is 562. The molecule has 30 heavy (non-hydrogen) atoms. The van der Waals surface area contributed by atoms with Crippen molar-refractivity contribution in [1.29, 1.82) is 5.26 Å². The molecule has 0 amide bonds. The van der Waals surface area contributed by atoms with Crippen LogP contribution in [0.2, 0.25) is 0 Å². The number of esters is 1. The molecule has 0 spiro atoms. The molecule has 1 saturated heterocycles. The summed E-state index contributed by atoms with van der Waals surface area (Å²) in [5.74, 6) is 1.52. The monoisotopic (exact) mass is 419 g/mol. The minimum absolute atomic E-state index is 0.0630. The summed E-state index contributed by atoms with van der Waals surface area (Å²) >= 11 is 0. The van der Waals surface area contributed by atoms with Gasteiger partial charge in [0.1, 0.15) is 6.10 Å². The van der Waals surface area contributed by atoms with Crippen LogP contribution in [0.15, 0.2) is 0 Å². The number of hydrogen-bond donors (Lipinski definition) is 0. The number of hydrogen-bond acceptors (Lipinski definition) is 5. The van der Waals surface area contributed by atoms with E-state index in [0.29, 0.717) is 5.92 Å². The van der Waals surface area contributed by atoms with Gasteiger partial charge in [-0.25, -0.2) is 0 Å². The van der Waals surface area contributed by atoms with Gasteiger partial charge < -0.3 is 14.2 Å². The van der Waals surface area contributed by atoms with Crippen LogP contribution < -0.4 is 0 Å². The third kappa shape index (κ3) is 5.98. The number of nitriles is 1. The number of carbonyl (C=O) groups is 1. The zero-order chi connectivity index (χ0) is 21.4. The maximum absolute atomic E-state index is 12.8. The van der Waals surface area contributed by atoms with Gasteiger partial charge in [0.2, 0.25) is 5.41 Å². The highest BCUT2D eigenvalue weighted by Gasteiger charge is 2.48. The Kier molecular flexibility index (Phi) is 9.01. The van der Waals surface area contributed by atoms with Crippen molar-refractivity contribution < 1.29 is 19.0 Å². The largest absolute Gasteiger partial charge is 0.461 e. The molecule has 0 N–H and O–H groups in total. The quantitative estimate of drug-likeness (QED) is 0.467. The first-order valence-electron chi connectivity index (χ1n) is 12.5. The van der Waals surface area contributed by atoms with Crippen LogP contribution in [0, 0.1) is 34.5 Å². The Morgan fingerprint density at radius 3 is 2.10 bits per heavy atom. The van der Waals surface area contributed by atoms with Gasteiger partial charge in [0.25, 0.3) is 0 Å². The fourth-order valence-electron chi connectivity index (χ4n) is 5.49. The standard InChI is InChI=1S/C25H41NO4/c1-3-5-7-20-8-12-21(13-9-20)23-28-17-25(16-26,18-29-23)24(27)30-22-14-10-19(6-4-2)11-15-22/h19-23H,3-15,17-18H2,1-2H3/t19?,20?,21?,22?,23-,25+. The first-order valence-corrected chi connectivity index (χ1v) is 12.5. The fourth-order valence-corrected chi connectivity index (χ4v) is 5.49. The van der Waals surface area contributed by atoms with Gasteiger partial charge in [-0.05, 0) is 63.2 Å². The Balaban J connectivity index is 1.43. The summed E-state index contributed by atoms with van der Waals surface area (Å²) in [5.41, 5.74) is -1.31. The van der Waals surface area contributed by atoms with Gasteiger partial charge in [-0.3, -0.25) is 4.79 Å². The maximum atomic E-state index is 12.8. The fraction of sp³-hybridized carbons (Fsp3) is 0.920. The van der Waals surface area contributed by atoms with E-state index in [9.17, 15) is 10.1 Å². The molecule has 170 valence electrons. The number of ether oxygens (including phenoxy) is 3. The van der Waals surface area contributed by atoms with Crippen molar-refractivity contribution in [3.8, 4) is 6.07 Å². The second-order valence-corrected chi connectivity index (χ2v) is 9.94. The molecule has 0 bridgehead atoms. The molecule has 5 nitrogen and oxygen atoms in total. The highest BCUT2D eigenvalue weighted by Crippen LogP contribution is 2.38. The lowest BCUT2D eigenvalue weighted by Gasteiger charge is -2.40. The Labute approximate surface area is 182 Å². The molecular weight excluding hydrogens is 378 g/mol. The van der Waals surface area contributed by atoms with Gasteiger partial charge in [0.05, 0.1) is 19.3 Å². The zero-order valence-electron chi connectivity index (χ0n) is 19.1. The Morgan fingerprint density at radius 1 is 0.933 bits per heavy atom. The van der Waals surface area contributed by atoms with E-state index < -0.39 is 11.4 Å². The van der Waals surface area contributed by atoms with Crippen molar-refractivity contribution in [2.75, 3.05) is 13.2 Å². The molecule has 3 aliphatic rings. The third-order valence-corrected chi connectivity index (χ3v) is 7.60. The molecular formula is C25H41NO4. The van der Waals surface area contributed by atoms with Gasteiger partial charge in [0.15, 0.2) is 6.29 Å². The molecule has 0 radical (unpaired) electrons. The van der Waals surface area contributed by atoms with E-state index in [4.69, 9.17) is 14.2 Å². The maximum Gasteiger partial charge on any atom is 0.331 e. The summed E-state index contributed by atoms with van der Waals surface area (Å²) in [7, 11) is 0. The van der Waals surface area contributed by atoms with E-state index in [1.54, 1.807) is 0 Å². The molecule has 0 atom stereocenters. The molecule has 3 fully saturated rings. The molecule has 3 rings (SSSR count). The Hall–Kier alpha value is -1.12. The molecule has 5 heteroatoms. The summed E-state index contributed by atoms with van der Waals surface area (Å²) in [5, 5.41) is 9.76. The summed E-state index contributed by atoms with van der Waals surface area (Å²) in [6.45, 7) is 4.65. The van der Waals surface area contributed by atoms with Gasteiger partial charge in [-0.2, -0.15) is 5.26 Å². The van der Waals surface area contributed by atoms with E-state index in [2.05, 4.69) is 19.9 Å². The summed E-state index contributed by atoms with van der Waals surface area (Å²) in [6, 6.07) is 2.17. The van der Waals surface area contributed by atoms with Gasteiger partial charge in [-0.15, -0.1) is 0 Å². The van der Waals surface area contributed by atoms with Crippen LogP contribution in [0.4, 0.5) is 0 Å². The first-order chi connectivity index (χ1) is 14.6. The molecule has 2 saturated carbocycles. The van der Waals surface area contributed by atoms with Gasteiger partial charge in [-0.1, -0.05) is 46.0 Å². The van der Waals surface area contributed by atoms with Gasteiger partial charge >= 0.3 is 5.97 Å². The lowest BCUT2D eigenvalue weighted by molar-refractivity contribution is -0.247. The second-order valence-electron chi connectivity index (χ2n) is 9.94. The van der Waals surface area contributed by atoms with Crippen molar-refractivity contribution in [2.24, 2.45) is 23.2 Å². The van der Waals surface area contributed by atoms with E-state index in [1.807, 2.05) is 0 Å². The van der Waals surface area contributed by atoms with Crippen molar-refractivity contribution >= 4 is 5.97 Å². The lowest BCUT2D eigenvalue weighted by Crippen LogP contribution is -2.50. The zero-order valence-corrected chi connectivity index (χ0v) is 19.1. The molecule has 1 aliphatic heterocycles. The van der Waals surface area contributed by atoms with Gasteiger partial charge in [0, 0.05) is 5.92 Å². The number of nitrogens with zero attached hydrogens (tertiary/aromatic N) is 1. The summed E-state index contributed by atoms with van der Waals surface area (Å²) in [4.78, 5) is 12.8. The van der Waals surface area contributed by atoms with E-state index in [1.165, 1.54) is 44.9 Å². The molecule has 0 aromatic carbocycles. The van der Waals surface area contributed by atoms with Crippen LogP contribution in [-0.4, -0.2) is 31.6 Å². The van der Waals surface area contributed by atoms with E-state index in [-0.39, 0.29) is 25.6 Å². The van der Waals surface area contributed by atoms with Crippen molar-refractivity contribution in [2.45, 2.75) is 110 Å². The van der Waals surface area contributed by atoms with E-state index >= 15 is 0 Å². The second kappa shape index (κ2) is 11.5. The SMILES string of the molecule is CCCCC1CCC([C@H]2OC[C@@](C#N)(C(=O)OC3CCC(CCC)CC3)CO2)CC1. The average Bonchev–Trinajstić information content (AvgIpc) is 2.79. The van der Waals surface area contributed by atoms with Crippen molar-refractivity contribution in [3.05, 3.63) is 0 Å². The minimum Gasteiger partial charge on any atom is -0.461 e. The van der Waals surface area contributed by atoms with Crippen LogP contribution in [0.25, 0.3) is 0 Å². The molecule has 1 heterocycles. The minimum atomic E-state index is -1.31. The predicted octanol–water partition coefficient (Wildman–Crippen LogP) is 5.77. The average molecular weight is 420 g/mol. The molecule has 2 aliphatic carbocycles.